The van der Waals surface area contributed by atoms with Crippen LogP contribution in [0.3, 0.4) is 0 Å². The van der Waals surface area contributed by atoms with E-state index in [4.69, 9.17) is 4.99 Å². The molecule has 0 heterocycles. The minimum Gasteiger partial charge on any atom is -0.362 e. The third-order valence-electron chi connectivity index (χ3n) is 3.72. The highest BCUT2D eigenvalue weighted by Gasteiger charge is 2.05. The molecule has 130 valence electrons. The van der Waals surface area contributed by atoms with Crippen molar-refractivity contribution in [3.8, 4) is 0 Å². The fourth-order valence-electron chi connectivity index (χ4n) is 2.33. The average molecular weight is 327 g/mol. The van der Waals surface area contributed by atoms with Gasteiger partial charge in [0.05, 0.1) is 0 Å². The van der Waals surface area contributed by atoms with E-state index < -0.39 is 0 Å². The molecule has 0 aliphatic heterocycles. The molecule has 0 bridgehead atoms. The van der Waals surface area contributed by atoms with Gasteiger partial charge in [-0.2, -0.15) is 0 Å². The third kappa shape index (κ3) is 14.5. The Labute approximate surface area is 143 Å². The molecule has 0 aliphatic carbocycles. The van der Waals surface area contributed by atoms with Crippen molar-refractivity contribution in [1.82, 2.24) is 5.32 Å². The van der Waals surface area contributed by atoms with Gasteiger partial charge in [-0.15, -0.1) is 6.58 Å². The number of amidine groups is 1. The Morgan fingerprint density at radius 3 is 2.36 bits per heavy atom. The van der Waals surface area contributed by atoms with Crippen molar-refractivity contribution < 1.29 is 0 Å². The molecule has 0 saturated carbocycles. The lowest BCUT2D eigenvalue weighted by Crippen LogP contribution is -2.31. The first-order chi connectivity index (χ1) is 10.7. The van der Waals surface area contributed by atoms with Crippen molar-refractivity contribution in [3.05, 3.63) is 12.7 Å². The maximum atomic E-state index is 4.77. The second-order valence-corrected chi connectivity index (χ2v) is 7.10. The Kier molecular flexibility index (Phi) is 16.6. The number of nitrogens with one attached hydrogen (secondary N) is 1. The zero-order chi connectivity index (χ0) is 16.5. The molecule has 0 spiro atoms. The number of thioether (sulfide) groups is 1. The third-order valence-corrected chi connectivity index (χ3v) is 4.64. The molecule has 22 heavy (non-hydrogen) atoms. The van der Waals surface area contributed by atoms with Gasteiger partial charge in [0.1, 0.15) is 0 Å². The Hall–Kier alpha value is -0.440. The number of unbranched alkanes of at least 4 members (excludes halogenated alkanes) is 7. The number of nitrogens with zero attached hydrogens (tertiary/aromatic N) is 1. The number of aliphatic imine (C=N–C) groups is 1. The summed E-state index contributed by atoms with van der Waals surface area (Å²) in [5.74, 6) is 0.935. The van der Waals surface area contributed by atoms with Crippen molar-refractivity contribution in [2.45, 2.75) is 91.0 Å². The fraction of sp³-hybridized carbons (Fsp3) is 0.842. The molecule has 0 fully saturated rings. The SMILES string of the molecule is C=CCSC(=NCCCCCCCC)NC(C)CCCCC. The molecule has 0 aromatic carbocycles. The average Bonchev–Trinajstić information content (AvgIpc) is 2.51. The van der Waals surface area contributed by atoms with E-state index in [9.17, 15) is 0 Å². The first-order valence-electron chi connectivity index (χ1n) is 9.29. The van der Waals surface area contributed by atoms with Gasteiger partial charge in [0.15, 0.2) is 5.17 Å². The first kappa shape index (κ1) is 21.6. The lowest BCUT2D eigenvalue weighted by atomic mass is 10.1. The lowest BCUT2D eigenvalue weighted by molar-refractivity contribution is 0.555. The fourth-order valence-corrected chi connectivity index (χ4v) is 3.07. The second kappa shape index (κ2) is 16.9. The van der Waals surface area contributed by atoms with Gasteiger partial charge >= 0.3 is 0 Å². The predicted octanol–water partition coefficient (Wildman–Crippen LogP) is 6.18. The van der Waals surface area contributed by atoms with E-state index in [2.05, 4.69) is 32.7 Å². The highest BCUT2D eigenvalue weighted by Crippen LogP contribution is 2.09. The molecule has 0 rings (SSSR count). The van der Waals surface area contributed by atoms with Crippen LogP contribution >= 0.6 is 11.8 Å². The zero-order valence-corrected chi connectivity index (χ0v) is 16.0. The Morgan fingerprint density at radius 1 is 1.05 bits per heavy atom. The molecule has 0 aliphatic rings. The van der Waals surface area contributed by atoms with E-state index in [-0.39, 0.29) is 0 Å². The van der Waals surface area contributed by atoms with Crippen molar-refractivity contribution in [2.75, 3.05) is 12.3 Å². The molecular weight excluding hydrogens is 288 g/mol. The molecule has 0 amide bonds. The molecule has 1 N–H and O–H groups in total. The monoisotopic (exact) mass is 326 g/mol. The van der Waals surface area contributed by atoms with Gasteiger partial charge in [0.25, 0.3) is 0 Å². The molecular formula is C19H38N2S. The molecule has 0 aromatic heterocycles. The van der Waals surface area contributed by atoms with Gasteiger partial charge in [-0.1, -0.05) is 83.1 Å². The van der Waals surface area contributed by atoms with E-state index in [1.165, 1.54) is 64.2 Å². The molecule has 1 unspecified atom stereocenters. The summed E-state index contributed by atoms with van der Waals surface area (Å²) in [7, 11) is 0. The highest BCUT2D eigenvalue weighted by atomic mass is 32.2. The quantitative estimate of drug-likeness (QED) is 0.178. The van der Waals surface area contributed by atoms with E-state index in [1.54, 1.807) is 11.8 Å². The summed E-state index contributed by atoms with van der Waals surface area (Å²) in [6, 6.07) is 0.521. The number of hydrogen-bond donors (Lipinski definition) is 1. The van der Waals surface area contributed by atoms with Crippen molar-refractivity contribution >= 4 is 16.9 Å². The van der Waals surface area contributed by atoms with Gasteiger partial charge in [-0.05, 0) is 19.8 Å². The first-order valence-corrected chi connectivity index (χ1v) is 10.3. The maximum absolute atomic E-state index is 4.77. The van der Waals surface area contributed by atoms with Crippen LogP contribution in [-0.4, -0.2) is 23.5 Å². The summed E-state index contributed by atoms with van der Waals surface area (Å²) in [5.41, 5.74) is 0. The van der Waals surface area contributed by atoms with Crippen LogP contribution in [0.25, 0.3) is 0 Å². The van der Waals surface area contributed by atoms with Crippen molar-refractivity contribution in [3.63, 3.8) is 0 Å². The Morgan fingerprint density at radius 2 is 1.68 bits per heavy atom. The highest BCUT2D eigenvalue weighted by molar-refractivity contribution is 8.13. The van der Waals surface area contributed by atoms with E-state index >= 15 is 0 Å². The molecule has 3 heteroatoms. The molecule has 0 saturated heterocycles. The summed E-state index contributed by atoms with van der Waals surface area (Å²) in [5, 5.41) is 4.70. The number of hydrogen-bond acceptors (Lipinski definition) is 2. The molecule has 1 atom stereocenters. The van der Waals surface area contributed by atoms with Gasteiger partial charge in [0, 0.05) is 18.3 Å². The molecule has 0 aromatic rings. The zero-order valence-electron chi connectivity index (χ0n) is 15.2. The molecule has 0 radical (unpaired) electrons. The standard InChI is InChI=1S/C19H38N2S/c1-5-8-10-11-12-14-16-20-19(22-17-7-3)21-18(4)15-13-9-6-2/h7,18H,3,5-6,8-17H2,1-2,4H3,(H,20,21). The van der Waals surface area contributed by atoms with Gasteiger partial charge < -0.3 is 5.32 Å². The normalized spacial score (nSPS) is 13.1. The number of rotatable bonds is 14. The van der Waals surface area contributed by atoms with E-state index in [0.29, 0.717) is 6.04 Å². The van der Waals surface area contributed by atoms with E-state index in [0.717, 1.165) is 17.5 Å². The van der Waals surface area contributed by atoms with Crippen LogP contribution < -0.4 is 5.32 Å². The minimum atomic E-state index is 0.521. The summed E-state index contributed by atoms with van der Waals surface area (Å²) in [6.07, 6.45) is 15.1. The van der Waals surface area contributed by atoms with Crippen molar-refractivity contribution in [1.29, 1.82) is 0 Å². The van der Waals surface area contributed by atoms with Crippen LogP contribution in [0.5, 0.6) is 0 Å². The largest absolute Gasteiger partial charge is 0.362 e. The van der Waals surface area contributed by atoms with Gasteiger partial charge in [0.2, 0.25) is 0 Å². The van der Waals surface area contributed by atoms with Crippen LogP contribution in [-0.2, 0) is 0 Å². The smallest absolute Gasteiger partial charge is 0.157 e. The van der Waals surface area contributed by atoms with Gasteiger partial charge in [-0.3, -0.25) is 4.99 Å². The minimum absolute atomic E-state index is 0.521. The topological polar surface area (TPSA) is 24.4 Å². The molecule has 2 nitrogen and oxygen atoms in total. The maximum Gasteiger partial charge on any atom is 0.157 e. The summed E-state index contributed by atoms with van der Waals surface area (Å²) < 4.78 is 0. The summed E-state index contributed by atoms with van der Waals surface area (Å²) in [6.45, 7) is 11.6. The van der Waals surface area contributed by atoms with Crippen LogP contribution in [0.4, 0.5) is 0 Å². The van der Waals surface area contributed by atoms with E-state index in [1.807, 2.05) is 6.08 Å². The van der Waals surface area contributed by atoms with Gasteiger partial charge in [-0.25, -0.2) is 0 Å². The van der Waals surface area contributed by atoms with Crippen LogP contribution in [0.2, 0.25) is 0 Å². The predicted molar refractivity (Wildman–Crippen MR) is 105 cm³/mol. The Balaban J connectivity index is 3.97. The van der Waals surface area contributed by atoms with Crippen LogP contribution in [0.1, 0.15) is 85.0 Å². The Bertz CT molecular complexity index is 277. The van der Waals surface area contributed by atoms with Crippen molar-refractivity contribution in [2.24, 2.45) is 4.99 Å². The van der Waals surface area contributed by atoms with Crippen LogP contribution in [0.15, 0.2) is 17.6 Å². The summed E-state index contributed by atoms with van der Waals surface area (Å²) >= 11 is 1.78. The lowest BCUT2D eigenvalue weighted by Gasteiger charge is -2.16. The second-order valence-electron chi connectivity index (χ2n) is 6.10. The summed E-state index contributed by atoms with van der Waals surface area (Å²) in [4.78, 5) is 4.77. The van der Waals surface area contributed by atoms with Crippen LogP contribution in [0, 0.1) is 0 Å².